The van der Waals surface area contributed by atoms with Crippen molar-refractivity contribution >= 4 is 34.0 Å². The van der Waals surface area contributed by atoms with E-state index in [0.717, 1.165) is 32.6 Å². The summed E-state index contributed by atoms with van der Waals surface area (Å²) in [7, 11) is 0. The lowest BCUT2D eigenvalue weighted by Gasteiger charge is -2.16. The van der Waals surface area contributed by atoms with Gasteiger partial charge in [-0.05, 0) is 66.9 Å². The zero-order chi connectivity index (χ0) is 18.0. The third-order valence-corrected chi connectivity index (χ3v) is 4.71. The fourth-order valence-corrected chi connectivity index (χ4v) is 2.85. The summed E-state index contributed by atoms with van der Waals surface area (Å²) in [5.41, 5.74) is 2.61. The molecule has 128 valence electrons. The Morgan fingerprint density at radius 1 is 1.00 bits per heavy atom. The summed E-state index contributed by atoms with van der Waals surface area (Å²) in [5.74, 6) is 0.445. The predicted molar refractivity (Wildman–Crippen MR) is 104 cm³/mol. The van der Waals surface area contributed by atoms with E-state index in [2.05, 4.69) is 5.32 Å². The van der Waals surface area contributed by atoms with Crippen LogP contribution >= 0.6 is 11.6 Å². The summed E-state index contributed by atoms with van der Waals surface area (Å²) in [4.78, 5) is 12.4. The van der Waals surface area contributed by atoms with Crippen molar-refractivity contribution in [1.82, 2.24) is 0 Å². The topological polar surface area (TPSA) is 38.3 Å². The highest BCUT2D eigenvalue weighted by atomic mass is 35.5. The smallest absolute Gasteiger partial charge is 0.265 e. The van der Waals surface area contributed by atoms with Gasteiger partial charge in [0.05, 0.1) is 0 Å². The largest absolute Gasteiger partial charge is 0.481 e. The molecule has 3 nitrogen and oxygen atoms in total. The Morgan fingerprint density at radius 2 is 1.64 bits per heavy atom. The molecule has 0 aliphatic rings. The van der Waals surface area contributed by atoms with Crippen molar-refractivity contribution in [2.24, 2.45) is 0 Å². The molecule has 0 spiro atoms. The van der Waals surface area contributed by atoms with Gasteiger partial charge < -0.3 is 10.1 Å². The Morgan fingerprint density at radius 3 is 2.32 bits per heavy atom. The summed E-state index contributed by atoms with van der Waals surface area (Å²) >= 11 is 6.17. The minimum absolute atomic E-state index is 0.194. The van der Waals surface area contributed by atoms with Crippen molar-refractivity contribution in [3.8, 4) is 5.75 Å². The average molecular weight is 354 g/mol. The quantitative estimate of drug-likeness (QED) is 0.671. The van der Waals surface area contributed by atoms with E-state index in [-0.39, 0.29) is 5.91 Å². The third-order valence-electron chi connectivity index (χ3n) is 4.11. The molecule has 0 radical (unpaired) electrons. The fourth-order valence-electron chi connectivity index (χ4n) is 2.74. The van der Waals surface area contributed by atoms with Crippen molar-refractivity contribution in [3.05, 3.63) is 70.7 Å². The Labute approximate surface area is 152 Å². The highest BCUT2D eigenvalue weighted by molar-refractivity contribution is 6.32. The lowest BCUT2D eigenvalue weighted by Crippen LogP contribution is -2.30. The van der Waals surface area contributed by atoms with Crippen molar-refractivity contribution in [2.75, 3.05) is 5.32 Å². The van der Waals surface area contributed by atoms with Crippen molar-refractivity contribution < 1.29 is 9.53 Å². The van der Waals surface area contributed by atoms with Gasteiger partial charge in [0.25, 0.3) is 5.91 Å². The van der Waals surface area contributed by atoms with Crippen LogP contribution in [0.5, 0.6) is 5.75 Å². The number of aryl methyl sites for hydroxylation is 2. The van der Waals surface area contributed by atoms with E-state index in [9.17, 15) is 4.79 Å². The zero-order valence-electron chi connectivity index (χ0n) is 14.5. The molecule has 0 heterocycles. The number of carbonyl (C=O) groups is 1. The molecule has 3 rings (SSSR count). The van der Waals surface area contributed by atoms with Crippen LogP contribution in [0, 0.1) is 13.8 Å². The van der Waals surface area contributed by atoms with Crippen molar-refractivity contribution in [3.63, 3.8) is 0 Å². The van der Waals surface area contributed by atoms with Crippen LogP contribution in [0.2, 0.25) is 5.02 Å². The fraction of sp³-hybridized carbons (Fsp3) is 0.190. The summed E-state index contributed by atoms with van der Waals surface area (Å²) in [5, 5.41) is 5.84. The molecule has 1 amide bonds. The van der Waals surface area contributed by atoms with Crippen LogP contribution in [-0.4, -0.2) is 12.0 Å². The maximum atomic E-state index is 12.4. The van der Waals surface area contributed by atoms with E-state index in [1.54, 1.807) is 6.92 Å². The molecule has 0 aliphatic carbocycles. The molecule has 0 fully saturated rings. The number of anilines is 1. The molecular formula is C21H20ClNO2. The molecule has 0 aromatic heterocycles. The molecule has 1 atom stereocenters. The van der Waals surface area contributed by atoms with Crippen LogP contribution in [-0.2, 0) is 4.79 Å². The van der Waals surface area contributed by atoms with Gasteiger partial charge in [-0.2, -0.15) is 0 Å². The first-order valence-corrected chi connectivity index (χ1v) is 8.55. The molecule has 25 heavy (non-hydrogen) atoms. The number of fused-ring (bicyclic) bond motifs is 1. The highest BCUT2D eigenvalue weighted by Gasteiger charge is 2.16. The van der Waals surface area contributed by atoms with E-state index in [1.165, 1.54) is 0 Å². The van der Waals surface area contributed by atoms with Crippen LogP contribution in [0.3, 0.4) is 0 Å². The van der Waals surface area contributed by atoms with Crippen molar-refractivity contribution in [1.29, 1.82) is 0 Å². The molecule has 3 aromatic rings. The van der Waals surface area contributed by atoms with Gasteiger partial charge in [0.15, 0.2) is 6.10 Å². The Bertz CT molecular complexity index is 913. The van der Waals surface area contributed by atoms with Gasteiger partial charge in [0.2, 0.25) is 0 Å². The number of halogens is 1. The van der Waals surface area contributed by atoms with Crippen LogP contribution in [0.15, 0.2) is 54.6 Å². The van der Waals surface area contributed by atoms with Gasteiger partial charge in [-0.1, -0.05) is 41.9 Å². The molecule has 0 unspecified atom stereocenters. The summed E-state index contributed by atoms with van der Waals surface area (Å²) < 4.78 is 5.78. The van der Waals surface area contributed by atoms with Crippen LogP contribution < -0.4 is 10.1 Å². The second-order valence-electron chi connectivity index (χ2n) is 6.18. The third kappa shape index (κ3) is 3.94. The first-order valence-electron chi connectivity index (χ1n) is 8.17. The average Bonchev–Trinajstić information content (AvgIpc) is 2.59. The second kappa shape index (κ2) is 7.16. The van der Waals surface area contributed by atoms with Gasteiger partial charge in [-0.15, -0.1) is 0 Å². The standard InChI is InChI=1S/C21H20ClNO2/c1-13-10-19(11-14(2)20(13)22)25-15(3)21(24)23-18-9-8-16-6-4-5-7-17(16)12-18/h4-12,15H,1-3H3,(H,23,24)/t15-/m1/s1. The first-order chi connectivity index (χ1) is 11.9. The SMILES string of the molecule is Cc1cc(O[C@H](C)C(=O)Nc2ccc3ccccc3c2)cc(C)c1Cl. The van der Waals surface area contributed by atoms with Gasteiger partial charge >= 0.3 is 0 Å². The van der Waals surface area contributed by atoms with Gasteiger partial charge in [0.1, 0.15) is 5.75 Å². The number of hydrogen-bond donors (Lipinski definition) is 1. The van der Waals surface area contributed by atoms with E-state index in [4.69, 9.17) is 16.3 Å². The molecule has 0 saturated carbocycles. The number of benzene rings is 3. The van der Waals surface area contributed by atoms with Crippen LogP contribution in [0.4, 0.5) is 5.69 Å². The summed E-state index contributed by atoms with van der Waals surface area (Å²) in [6, 6.07) is 17.5. The molecule has 3 aromatic carbocycles. The summed E-state index contributed by atoms with van der Waals surface area (Å²) in [6.45, 7) is 5.57. The number of amides is 1. The van der Waals surface area contributed by atoms with E-state index >= 15 is 0 Å². The van der Waals surface area contributed by atoms with Crippen LogP contribution in [0.1, 0.15) is 18.1 Å². The molecule has 1 N–H and O–H groups in total. The van der Waals surface area contributed by atoms with Crippen molar-refractivity contribution in [2.45, 2.75) is 26.9 Å². The predicted octanol–water partition coefficient (Wildman–Crippen LogP) is 5.52. The van der Waals surface area contributed by atoms with Gasteiger partial charge in [-0.25, -0.2) is 0 Å². The second-order valence-corrected chi connectivity index (χ2v) is 6.56. The number of hydrogen-bond acceptors (Lipinski definition) is 2. The van der Waals surface area contributed by atoms with E-state index < -0.39 is 6.10 Å². The van der Waals surface area contributed by atoms with E-state index in [1.807, 2.05) is 68.4 Å². The number of rotatable bonds is 4. The summed E-state index contributed by atoms with van der Waals surface area (Å²) in [6.07, 6.45) is -0.619. The molecule has 4 heteroatoms. The Hall–Kier alpha value is -2.52. The van der Waals surface area contributed by atoms with E-state index in [0.29, 0.717) is 5.75 Å². The lowest BCUT2D eigenvalue weighted by atomic mass is 10.1. The lowest BCUT2D eigenvalue weighted by molar-refractivity contribution is -0.122. The minimum atomic E-state index is -0.619. The minimum Gasteiger partial charge on any atom is -0.481 e. The number of ether oxygens (including phenoxy) is 1. The maximum Gasteiger partial charge on any atom is 0.265 e. The molecular weight excluding hydrogens is 334 g/mol. The normalized spacial score (nSPS) is 12.0. The Kier molecular flexibility index (Phi) is 4.95. The number of nitrogens with one attached hydrogen (secondary N) is 1. The molecule has 0 aliphatic heterocycles. The zero-order valence-corrected chi connectivity index (χ0v) is 15.2. The monoisotopic (exact) mass is 353 g/mol. The first kappa shape index (κ1) is 17.3. The van der Waals surface area contributed by atoms with Crippen LogP contribution in [0.25, 0.3) is 10.8 Å². The maximum absolute atomic E-state index is 12.4. The van der Waals surface area contributed by atoms with Gasteiger partial charge in [0, 0.05) is 10.7 Å². The molecule has 0 saturated heterocycles. The highest BCUT2D eigenvalue weighted by Crippen LogP contribution is 2.26. The van der Waals surface area contributed by atoms with Gasteiger partial charge in [-0.3, -0.25) is 4.79 Å². The Balaban J connectivity index is 1.71. The molecule has 0 bridgehead atoms. The number of carbonyl (C=O) groups excluding carboxylic acids is 1.